The van der Waals surface area contributed by atoms with Crippen LogP contribution in [0.4, 0.5) is 5.82 Å². The van der Waals surface area contributed by atoms with E-state index in [1.165, 1.54) is 12.8 Å². The molecule has 1 aliphatic carbocycles. The van der Waals surface area contributed by atoms with E-state index < -0.39 is 0 Å². The van der Waals surface area contributed by atoms with Crippen LogP contribution in [0.25, 0.3) is 11.3 Å². The lowest BCUT2D eigenvalue weighted by Crippen LogP contribution is -2.06. The molecule has 0 saturated heterocycles. The van der Waals surface area contributed by atoms with Crippen molar-refractivity contribution < 1.29 is 4.74 Å². The van der Waals surface area contributed by atoms with Crippen LogP contribution in [-0.4, -0.2) is 16.2 Å². The normalized spacial score (nSPS) is 14.7. The van der Waals surface area contributed by atoms with Crippen LogP contribution in [0.1, 0.15) is 51.4 Å². The monoisotopic (exact) mass is 285 g/mol. The molecule has 1 heterocycles. The number of nitrogen functional groups attached to an aromatic ring is 1. The van der Waals surface area contributed by atoms with Crippen molar-refractivity contribution in [2.24, 2.45) is 0 Å². The second-order valence-corrected chi connectivity index (χ2v) is 5.89. The topological polar surface area (TPSA) is 53.1 Å². The molecular weight excluding hydrogens is 262 g/mol. The van der Waals surface area contributed by atoms with E-state index in [2.05, 4.69) is 18.4 Å². The molecule has 21 heavy (non-hydrogen) atoms. The quantitative estimate of drug-likeness (QED) is 0.903. The number of rotatable bonds is 5. The third-order valence-corrected chi connectivity index (χ3v) is 3.85. The molecule has 2 N–H and O–H groups in total. The van der Waals surface area contributed by atoms with Crippen LogP contribution in [0.5, 0.6) is 5.75 Å². The minimum Gasteiger partial charge on any atom is -0.493 e. The van der Waals surface area contributed by atoms with Gasteiger partial charge in [-0.25, -0.2) is 4.98 Å². The fraction of sp³-hybridized carbons (Fsp3) is 0.471. The highest BCUT2D eigenvalue weighted by atomic mass is 16.5. The van der Waals surface area contributed by atoms with Gasteiger partial charge in [-0.2, -0.15) is 0 Å². The van der Waals surface area contributed by atoms with Crippen LogP contribution in [0, 0.1) is 0 Å². The summed E-state index contributed by atoms with van der Waals surface area (Å²) in [5, 5.41) is 0. The highest BCUT2D eigenvalue weighted by Crippen LogP contribution is 2.43. The molecule has 4 nitrogen and oxygen atoms in total. The lowest BCUT2D eigenvalue weighted by atomic mass is 10.1. The number of para-hydroxylation sites is 1. The number of imidazole rings is 1. The number of nitrogens with zero attached hydrogens (tertiary/aromatic N) is 2. The van der Waals surface area contributed by atoms with Gasteiger partial charge < -0.3 is 15.0 Å². The maximum atomic E-state index is 6.42. The molecule has 1 aromatic carbocycles. The van der Waals surface area contributed by atoms with E-state index in [1.54, 1.807) is 0 Å². The fourth-order valence-corrected chi connectivity index (χ4v) is 2.73. The first-order valence-corrected chi connectivity index (χ1v) is 7.73. The van der Waals surface area contributed by atoms with Gasteiger partial charge in [-0.15, -0.1) is 0 Å². The summed E-state index contributed by atoms with van der Waals surface area (Å²) in [7, 11) is 0. The summed E-state index contributed by atoms with van der Waals surface area (Å²) in [6, 6.07) is 8.52. The predicted octanol–water partition coefficient (Wildman–Crippen LogP) is 3.99. The molecule has 0 amide bonds. The Bertz CT molecular complexity index is 641. The Morgan fingerprint density at radius 1 is 1.33 bits per heavy atom. The summed E-state index contributed by atoms with van der Waals surface area (Å²) < 4.78 is 7.95. The lowest BCUT2D eigenvalue weighted by Gasteiger charge is -2.11. The molecule has 1 aliphatic rings. The van der Waals surface area contributed by atoms with E-state index >= 15 is 0 Å². The molecule has 0 spiro atoms. The molecule has 2 aromatic rings. The van der Waals surface area contributed by atoms with Crippen molar-refractivity contribution in [2.75, 3.05) is 12.3 Å². The number of nitrogens with two attached hydrogens (primary N) is 1. The molecule has 112 valence electrons. The average molecular weight is 285 g/mol. The second kappa shape index (κ2) is 5.43. The lowest BCUT2D eigenvalue weighted by molar-refractivity contribution is 0.341. The van der Waals surface area contributed by atoms with Gasteiger partial charge in [0, 0.05) is 17.5 Å². The van der Waals surface area contributed by atoms with Crippen molar-refractivity contribution >= 4 is 5.82 Å². The molecule has 3 rings (SSSR count). The SMILES string of the molecule is CCOc1ccccc1-c1nc(C(C)C)n(C2CC2)c1N. The smallest absolute Gasteiger partial charge is 0.132 e. The average Bonchev–Trinajstić information content (AvgIpc) is 3.23. The zero-order chi connectivity index (χ0) is 15.0. The van der Waals surface area contributed by atoms with Gasteiger partial charge >= 0.3 is 0 Å². The standard InChI is InChI=1S/C17H23N3O/c1-4-21-14-8-6-5-7-13(14)15-16(18)20(12-9-10-12)17(19-15)11(2)3/h5-8,11-12H,4,9-10,18H2,1-3H3. The van der Waals surface area contributed by atoms with Crippen LogP contribution in [0.15, 0.2) is 24.3 Å². The predicted molar refractivity (Wildman–Crippen MR) is 85.6 cm³/mol. The van der Waals surface area contributed by atoms with Gasteiger partial charge in [0.15, 0.2) is 0 Å². The molecule has 4 heteroatoms. The van der Waals surface area contributed by atoms with Gasteiger partial charge in [-0.1, -0.05) is 26.0 Å². The minimum atomic E-state index is 0.362. The van der Waals surface area contributed by atoms with Gasteiger partial charge in [0.25, 0.3) is 0 Å². The molecule has 0 atom stereocenters. The summed E-state index contributed by atoms with van der Waals surface area (Å²) in [6.07, 6.45) is 2.40. The number of benzene rings is 1. The first-order chi connectivity index (χ1) is 10.1. The zero-order valence-corrected chi connectivity index (χ0v) is 13.0. The molecule has 1 fully saturated rings. The van der Waals surface area contributed by atoms with Gasteiger partial charge in [-0.3, -0.25) is 0 Å². The third kappa shape index (κ3) is 2.50. The summed E-state index contributed by atoms with van der Waals surface area (Å²) in [4.78, 5) is 4.84. The maximum Gasteiger partial charge on any atom is 0.132 e. The third-order valence-electron chi connectivity index (χ3n) is 3.85. The highest BCUT2D eigenvalue weighted by Gasteiger charge is 2.31. The Kier molecular flexibility index (Phi) is 3.62. The van der Waals surface area contributed by atoms with E-state index in [-0.39, 0.29) is 0 Å². The fourth-order valence-electron chi connectivity index (χ4n) is 2.73. The van der Waals surface area contributed by atoms with E-state index in [1.807, 2.05) is 31.2 Å². The maximum absolute atomic E-state index is 6.42. The number of hydrogen-bond donors (Lipinski definition) is 1. The number of anilines is 1. The van der Waals surface area contributed by atoms with Crippen molar-refractivity contribution in [3.8, 4) is 17.0 Å². The highest BCUT2D eigenvalue weighted by molar-refractivity contribution is 5.76. The molecule has 0 aliphatic heterocycles. The molecule has 0 unspecified atom stereocenters. The number of ether oxygens (including phenoxy) is 1. The summed E-state index contributed by atoms with van der Waals surface area (Å²) in [5.41, 5.74) is 8.27. The Labute approximate surface area is 125 Å². The Balaban J connectivity index is 2.13. The van der Waals surface area contributed by atoms with Crippen LogP contribution in [0.2, 0.25) is 0 Å². The van der Waals surface area contributed by atoms with Crippen molar-refractivity contribution in [3.05, 3.63) is 30.1 Å². The van der Waals surface area contributed by atoms with E-state index in [4.69, 9.17) is 15.5 Å². The Morgan fingerprint density at radius 2 is 2.05 bits per heavy atom. The van der Waals surface area contributed by atoms with Gasteiger partial charge in [-0.05, 0) is 31.9 Å². The molecular formula is C17H23N3O. The van der Waals surface area contributed by atoms with Crippen LogP contribution in [-0.2, 0) is 0 Å². The summed E-state index contributed by atoms with van der Waals surface area (Å²) >= 11 is 0. The van der Waals surface area contributed by atoms with E-state index in [0.29, 0.717) is 18.6 Å². The minimum absolute atomic E-state index is 0.362. The second-order valence-electron chi connectivity index (χ2n) is 5.89. The van der Waals surface area contributed by atoms with Crippen molar-refractivity contribution in [2.45, 2.75) is 45.6 Å². The van der Waals surface area contributed by atoms with Crippen molar-refractivity contribution in [3.63, 3.8) is 0 Å². The van der Waals surface area contributed by atoms with Crippen LogP contribution < -0.4 is 10.5 Å². The van der Waals surface area contributed by atoms with Crippen LogP contribution in [0.3, 0.4) is 0 Å². The van der Waals surface area contributed by atoms with Gasteiger partial charge in [0.1, 0.15) is 23.1 Å². The summed E-state index contributed by atoms with van der Waals surface area (Å²) in [6.45, 7) is 6.96. The summed E-state index contributed by atoms with van der Waals surface area (Å²) in [5.74, 6) is 3.06. The van der Waals surface area contributed by atoms with Gasteiger partial charge in [0.05, 0.1) is 6.61 Å². The van der Waals surface area contributed by atoms with Crippen LogP contribution >= 0.6 is 0 Å². The zero-order valence-electron chi connectivity index (χ0n) is 13.0. The van der Waals surface area contributed by atoms with Crippen molar-refractivity contribution in [1.29, 1.82) is 0 Å². The van der Waals surface area contributed by atoms with Crippen molar-refractivity contribution in [1.82, 2.24) is 9.55 Å². The Morgan fingerprint density at radius 3 is 2.67 bits per heavy atom. The first kappa shape index (κ1) is 14.0. The van der Waals surface area contributed by atoms with E-state index in [0.717, 1.165) is 28.6 Å². The number of aromatic nitrogens is 2. The Hall–Kier alpha value is -1.97. The van der Waals surface area contributed by atoms with E-state index in [9.17, 15) is 0 Å². The molecule has 0 radical (unpaired) electrons. The largest absolute Gasteiger partial charge is 0.493 e. The molecule has 1 aromatic heterocycles. The molecule has 0 bridgehead atoms. The van der Waals surface area contributed by atoms with Gasteiger partial charge in [0.2, 0.25) is 0 Å². The molecule has 1 saturated carbocycles. The first-order valence-electron chi connectivity index (χ1n) is 7.73. The number of hydrogen-bond acceptors (Lipinski definition) is 3.